The molecule has 0 aliphatic carbocycles. The molecule has 2 aromatic rings. The Balaban J connectivity index is 1.50. The Morgan fingerprint density at radius 2 is 2.17 bits per heavy atom. The SMILES string of the molecule is COCCNC(=O)N1CCN(Cc2nc3ccc(Cl)cc3o2)CC1. The number of oxazole rings is 1. The van der Waals surface area contributed by atoms with Crippen LogP contribution >= 0.6 is 11.6 Å². The van der Waals surface area contributed by atoms with E-state index in [-0.39, 0.29) is 6.03 Å². The van der Waals surface area contributed by atoms with Gasteiger partial charge in [0.05, 0.1) is 13.2 Å². The summed E-state index contributed by atoms with van der Waals surface area (Å²) in [5.41, 5.74) is 1.51. The Bertz CT molecular complexity index is 698. The molecule has 1 aromatic heterocycles. The first-order valence-corrected chi connectivity index (χ1v) is 8.32. The number of carbonyl (C=O) groups excluding carboxylic acids is 1. The number of fused-ring (bicyclic) bond motifs is 1. The minimum absolute atomic E-state index is 0.0387. The standard InChI is InChI=1S/C16H21ClN4O3/c1-23-9-4-18-16(22)21-7-5-20(6-8-21)11-15-19-13-3-2-12(17)10-14(13)24-15/h2-3,10H,4-9,11H2,1H3,(H,18,22). The maximum absolute atomic E-state index is 12.0. The summed E-state index contributed by atoms with van der Waals surface area (Å²) in [6.45, 7) is 4.63. The molecule has 130 valence electrons. The highest BCUT2D eigenvalue weighted by Gasteiger charge is 2.22. The van der Waals surface area contributed by atoms with Crippen LogP contribution in [0, 0.1) is 0 Å². The molecule has 2 amide bonds. The van der Waals surface area contributed by atoms with E-state index in [2.05, 4.69) is 15.2 Å². The summed E-state index contributed by atoms with van der Waals surface area (Å²) in [5, 5.41) is 3.48. The first-order chi connectivity index (χ1) is 11.7. The number of nitrogens with one attached hydrogen (secondary N) is 1. The molecule has 1 aromatic carbocycles. The predicted molar refractivity (Wildman–Crippen MR) is 91.1 cm³/mol. The van der Waals surface area contributed by atoms with Gasteiger partial charge in [-0.3, -0.25) is 4.90 Å². The normalized spacial score (nSPS) is 15.8. The molecule has 0 unspecified atom stereocenters. The Kier molecular flexibility index (Phi) is 5.55. The third kappa shape index (κ3) is 4.17. The predicted octanol–water partition coefficient (Wildman–Crippen LogP) is 1.95. The van der Waals surface area contributed by atoms with Crippen LogP contribution in [0.2, 0.25) is 5.02 Å². The molecule has 0 spiro atoms. The number of carbonyl (C=O) groups is 1. The summed E-state index contributed by atoms with van der Waals surface area (Å²) < 4.78 is 10.7. The number of hydrogen-bond acceptors (Lipinski definition) is 5. The van der Waals surface area contributed by atoms with Gasteiger partial charge >= 0.3 is 6.03 Å². The highest BCUT2D eigenvalue weighted by Crippen LogP contribution is 2.21. The molecule has 7 nitrogen and oxygen atoms in total. The molecule has 1 aliphatic heterocycles. The molecule has 1 N–H and O–H groups in total. The van der Waals surface area contributed by atoms with E-state index in [0.29, 0.717) is 49.3 Å². The van der Waals surface area contributed by atoms with Gasteiger partial charge in [-0.2, -0.15) is 0 Å². The maximum Gasteiger partial charge on any atom is 0.317 e. The van der Waals surface area contributed by atoms with Gasteiger partial charge in [0.1, 0.15) is 5.52 Å². The van der Waals surface area contributed by atoms with Crippen LogP contribution in [-0.2, 0) is 11.3 Å². The van der Waals surface area contributed by atoms with Gasteiger partial charge in [-0.05, 0) is 12.1 Å². The van der Waals surface area contributed by atoms with Crippen molar-refractivity contribution < 1.29 is 13.9 Å². The lowest BCUT2D eigenvalue weighted by atomic mass is 10.3. The molecular weight excluding hydrogens is 332 g/mol. The number of urea groups is 1. The van der Waals surface area contributed by atoms with Crippen molar-refractivity contribution in [2.24, 2.45) is 0 Å². The molecule has 0 bridgehead atoms. The van der Waals surface area contributed by atoms with Crippen molar-refractivity contribution in [3.63, 3.8) is 0 Å². The highest BCUT2D eigenvalue weighted by atomic mass is 35.5. The zero-order valence-corrected chi connectivity index (χ0v) is 14.4. The van der Waals surface area contributed by atoms with Crippen molar-refractivity contribution in [2.75, 3.05) is 46.4 Å². The number of amides is 2. The molecule has 0 saturated carbocycles. The van der Waals surface area contributed by atoms with E-state index in [0.717, 1.165) is 18.6 Å². The third-order valence-corrected chi connectivity index (χ3v) is 4.23. The molecule has 3 rings (SSSR count). The first kappa shape index (κ1) is 17.0. The van der Waals surface area contributed by atoms with E-state index in [1.165, 1.54) is 0 Å². The molecule has 1 fully saturated rings. The molecule has 1 saturated heterocycles. The number of methoxy groups -OCH3 is 1. The number of benzene rings is 1. The molecule has 24 heavy (non-hydrogen) atoms. The number of rotatable bonds is 5. The van der Waals surface area contributed by atoms with Crippen LogP contribution in [0.4, 0.5) is 4.79 Å². The van der Waals surface area contributed by atoms with Crippen LogP contribution in [0.1, 0.15) is 5.89 Å². The van der Waals surface area contributed by atoms with Gasteiger partial charge in [-0.15, -0.1) is 0 Å². The second-order valence-electron chi connectivity index (χ2n) is 5.71. The quantitative estimate of drug-likeness (QED) is 0.833. The van der Waals surface area contributed by atoms with Crippen LogP contribution in [0.3, 0.4) is 0 Å². The molecule has 0 atom stereocenters. The summed E-state index contributed by atoms with van der Waals surface area (Å²) in [6.07, 6.45) is 0. The Labute approximate surface area is 145 Å². The Hall–Kier alpha value is -1.83. The Morgan fingerprint density at radius 3 is 2.92 bits per heavy atom. The number of aromatic nitrogens is 1. The summed E-state index contributed by atoms with van der Waals surface area (Å²) in [7, 11) is 1.62. The van der Waals surface area contributed by atoms with Gasteiger partial charge < -0.3 is 19.4 Å². The lowest BCUT2D eigenvalue weighted by Gasteiger charge is -2.33. The lowest BCUT2D eigenvalue weighted by Crippen LogP contribution is -2.51. The molecule has 0 radical (unpaired) electrons. The molecule has 8 heteroatoms. The van der Waals surface area contributed by atoms with Gasteiger partial charge in [0.25, 0.3) is 0 Å². The van der Waals surface area contributed by atoms with Crippen molar-refractivity contribution in [1.29, 1.82) is 0 Å². The number of halogens is 1. The smallest absolute Gasteiger partial charge is 0.317 e. The second-order valence-corrected chi connectivity index (χ2v) is 6.14. The summed E-state index contributed by atoms with van der Waals surface area (Å²) in [4.78, 5) is 20.5. The zero-order valence-electron chi connectivity index (χ0n) is 13.6. The van der Waals surface area contributed by atoms with Crippen LogP contribution in [-0.4, -0.2) is 67.3 Å². The minimum Gasteiger partial charge on any atom is -0.439 e. The van der Waals surface area contributed by atoms with E-state index in [9.17, 15) is 4.79 Å². The number of hydrogen-bond donors (Lipinski definition) is 1. The number of nitrogens with zero attached hydrogens (tertiary/aromatic N) is 3. The van der Waals surface area contributed by atoms with Crippen molar-refractivity contribution >= 4 is 28.7 Å². The summed E-state index contributed by atoms with van der Waals surface area (Å²) >= 11 is 5.96. The van der Waals surface area contributed by atoms with Crippen LogP contribution < -0.4 is 5.32 Å². The largest absolute Gasteiger partial charge is 0.439 e. The lowest BCUT2D eigenvalue weighted by molar-refractivity contribution is 0.126. The van der Waals surface area contributed by atoms with Gasteiger partial charge in [-0.1, -0.05) is 11.6 Å². The topological polar surface area (TPSA) is 70.8 Å². The van der Waals surface area contributed by atoms with E-state index in [1.54, 1.807) is 19.2 Å². The van der Waals surface area contributed by atoms with Crippen LogP contribution in [0.15, 0.2) is 22.6 Å². The van der Waals surface area contributed by atoms with E-state index >= 15 is 0 Å². The van der Waals surface area contributed by atoms with Crippen LogP contribution in [0.25, 0.3) is 11.1 Å². The minimum atomic E-state index is -0.0387. The Morgan fingerprint density at radius 1 is 1.38 bits per heavy atom. The van der Waals surface area contributed by atoms with Crippen molar-refractivity contribution in [3.05, 3.63) is 29.1 Å². The fourth-order valence-corrected chi connectivity index (χ4v) is 2.85. The number of piperazine rings is 1. The van der Waals surface area contributed by atoms with Crippen LogP contribution in [0.5, 0.6) is 0 Å². The molecule has 2 heterocycles. The fraction of sp³-hybridized carbons (Fsp3) is 0.500. The maximum atomic E-state index is 12.0. The average Bonchev–Trinajstić information content (AvgIpc) is 2.97. The van der Waals surface area contributed by atoms with Gasteiger partial charge in [0, 0.05) is 50.9 Å². The second kappa shape index (κ2) is 7.83. The molecule has 1 aliphatic rings. The first-order valence-electron chi connectivity index (χ1n) is 7.95. The fourth-order valence-electron chi connectivity index (χ4n) is 2.69. The van der Waals surface area contributed by atoms with Gasteiger partial charge in [0.2, 0.25) is 5.89 Å². The third-order valence-electron chi connectivity index (χ3n) is 4.00. The molecular formula is C16H21ClN4O3. The van der Waals surface area contributed by atoms with E-state index < -0.39 is 0 Å². The monoisotopic (exact) mass is 352 g/mol. The van der Waals surface area contributed by atoms with E-state index in [4.69, 9.17) is 20.8 Å². The van der Waals surface area contributed by atoms with Gasteiger partial charge in [0.15, 0.2) is 5.58 Å². The summed E-state index contributed by atoms with van der Waals surface area (Å²) in [6, 6.07) is 5.39. The highest BCUT2D eigenvalue weighted by molar-refractivity contribution is 6.31. The van der Waals surface area contributed by atoms with Crippen molar-refractivity contribution in [1.82, 2.24) is 20.1 Å². The number of ether oxygens (including phenoxy) is 1. The van der Waals surface area contributed by atoms with E-state index in [1.807, 2.05) is 11.0 Å². The summed E-state index contributed by atoms with van der Waals surface area (Å²) in [5.74, 6) is 0.672. The average molecular weight is 353 g/mol. The van der Waals surface area contributed by atoms with Crippen molar-refractivity contribution in [3.8, 4) is 0 Å². The van der Waals surface area contributed by atoms with Gasteiger partial charge in [-0.25, -0.2) is 9.78 Å². The zero-order chi connectivity index (χ0) is 16.9. The van der Waals surface area contributed by atoms with Crippen molar-refractivity contribution in [2.45, 2.75) is 6.54 Å².